The smallest absolute Gasteiger partial charge is 0.406 e. The van der Waals surface area contributed by atoms with E-state index >= 15 is 0 Å². The summed E-state index contributed by atoms with van der Waals surface area (Å²) in [6.07, 6.45) is -4.43. The average Bonchev–Trinajstić information content (AvgIpc) is 2.90. The molecule has 0 bridgehead atoms. The number of amides is 2. The first-order chi connectivity index (χ1) is 19.7. The molecule has 0 atom stereocenters. The van der Waals surface area contributed by atoms with Gasteiger partial charge in [-0.3, -0.25) is 9.59 Å². The van der Waals surface area contributed by atoms with Gasteiger partial charge in [-0.05, 0) is 65.6 Å². The molecule has 220 valence electrons. The number of aromatic nitrogens is 2. The van der Waals surface area contributed by atoms with Gasteiger partial charge in [-0.15, -0.1) is 13.2 Å². The van der Waals surface area contributed by atoms with Crippen LogP contribution < -0.4 is 20.7 Å². The van der Waals surface area contributed by atoms with E-state index in [1.165, 1.54) is 24.3 Å². The topological polar surface area (TPSA) is 105 Å². The average molecular weight is 600 g/mol. The van der Waals surface area contributed by atoms with Gasteiger partial charge in [-0.1, -0.05) is 38.4 Å². The Bertz CT molecular complexity index is 1620. The summed E-state index contributed by atoms with van der Waals surface area (Å²) in [6.45, 7) is 6.18. The summed E-state index contributed by atoms with van der Waals surface area (Å²) in [5.74, 6) is -0.148. The fraction of sp³-hybridized carbons (Fsp3) is 0.267. The molecular formula is C30H29ClF3N5O3. The quantitative estimate of drug-likeness (QED) is 0.198. The Kier molecular flexibility index (Phi) is 8.91. The Morgan fingerprint density at radius 3 is 2.31 bits per heavy atom. The highest BCUT2D eigenvalue weighted by molar-refractivity contribution is 6.34. The van der Waals surface area contributed by atoms with Crippen LogP contribution in [-0.2, 0) is 11.3 Å². The predicted octanol–water partition coefficient (Wildman–Crippen LogP) is 7.20. The highest BCUT2D eigenvalue weighted by Gasteiger charge is 2.31. The maximum atomic E-state index is 13.2. The number of benzene rings is 3. The number of hydrogen-bond donors (Lipinski definition) is 3. The van der Waals surface area contributed by atoms with Crippen LogP contribution in [0.3, 0.4) is 0 Å². The lowest BCUT2D eigenvalue weighted by atomic mass is 9.92. The van der Waals surface area contributed by atoms with Crippen LogP contribution in [0.15, 0.2) is 60.7 Å². The van der Waals surface area contributed by atoms with Crippen molar-refractivity contribution >= 4 is 45.8 Å². The van der Waals surface area contributed by atoms with Gasteiger partial charge in [0, 0.05) is 36.7 Å². The third-order valence-corrected chi connectivity index (χ3v) is 6.32. The van der Waals surface area contributed by atoms with E-state index in [4.69, 9.17) is 11.6 Å². The summed E-state index contributed by atoms with van der Waals surface area (Å²) in [4.78, 5) is 34.4. The summed E-state index contributed by atoms with van der Waals surface area (Å²) in [5, 5.41) is 9.60. The van der Waals surface area contributed by atoms with E-state index in [0.29, 0.717) is 40.0 Å². The summed E-state index contributed by atoms with van der Waals surface area (Å²) in [5.41, 5.74) is 2.20. The lowest BCUT2D eigenvalue weighted by Crippen LogP contribution is -2.27. The standard InChI is InChI=1S/C30H29ClF3N5O3/c1-29(2,3)15-25(40)36-16-17-5-12-23(31)22(13-17)28(41)37-19-8-11-21-24(14-19)38-26(39-27(21)35-4)18-6-9-20(10-7-18)42-30(32,33)34/h5-14H,15-16H2,1-4H3,(H,36,40)(H,37,41)(H,35,38,39). The number of rotatable bonds is 8. The SMILES string of the molecule is CNc1nc(-c2ccc(OC(F)(F)F)cc2)nc2cc(NC(=O)c3cc(CNC(=O)CC(C)(C)C)ccc3Cl)ccc12. The second kappa shape index (κ2) is 12.2. The van der Waals surface area contributed by atoms with E-state index in [-0.39, 0.29) is 40.0 Å². The van der Waals surface area contributed by atoms with Gasteiger partial charge in [0.15, 0.2) is 5.82 Å². The van der Waals surface area contributed by atoms with Gasteiger partial charge in [-0.2, -0.15) is 0 Å². The zero-order valence-electron chi connectivity index (χ0n) is 23.3. The molecule has 42 heavy (non-hydrogen) atoms. The Hall–Kier alpha value is -4.38. The third kappa shape index (κ3) is 8.10. The molecule has 2 amide bonds. The van der Waals surface area contributed by atoms with Gasteiger partial charge in [0.05, 0.1) is 16.1 Å². The molecule has 4 rings (SSSR count). The van der Waals surface area contributed by atoms with Crippen molar-refractivity contribution in [1.82, 2.24) is 15.3 Å². The molecule has 0 saturated heterocycles. The fourth-order valence-corrected chi connectivity index (χ4v) is 4.34. The molecule has 0 aliphatic carbocycles. The van der Waals surface area contributed by atoms with Crippen molar-refractivity contribution in [3.63, 3.8) is 0 Å². The van der Waals surface area contributed by atoms with Crippen LogP contribution in [0.1, 0.15) is 43.1 Å². The number of nitrogens with zero attached hydrogens (tertiary/aromatic N) is 2. The van der Waals surface area contributed by atoms with Gasteiger partial charge in [0.2, 0.25) is 5.91 Å². The summed E-state index contributed by atoms with van der Waals surface area (Å²) in [6, 6.07) is 15.3. The first-order valence-electron chi connectivity index (χ1n) is 12.9. The van der Waals surface area contributed by atoms with Crippen LogP contribution in [0.5, 0.6) is 5.75 Å². The number of hydrogen-bond acceptors (Lipinski definition) is 6. The molecular weight excluding hydrogens is 571 g/mol. The number of carbonyl (C=O) groups excluding carboxylic acids is 2. The molecule has 1 heterocycles. The number of alkyl halides is 3. The van der Waals surface area contributed by atoms with E-state index in [9.17, 15) is 22.8 Å². The van der Waals surface area contributed by atoms with Crippen molar-refractivity contribution < 1.29 is 27.5 Å². The number of fused-ring (bicyclic) bond motifs is 1. The van der Waals surface area contributed by atoms with E-state index in [2.05, 4.69) is 30.7 Å². The minimum Gasteiger partial charge on any atom is -0.406 e. The van der Waals surface area contributed by atoms with E-state index in [1.807, 2.05) is 20.8 Å². The van der Waals surface area contributed by atoms with Crippen LogP contribution in [-0.4, -0.2) is 35.2 Å². The predicted molar refractivity (Wildman–Crippen MR) is 157 cm³/mol. The Morgan fingerprint density at radius 2 is 1.67 bits per heavy atom. The first kappa shape index (κ1) is 30.6. The normalized spacial score (nSPS) is 11.7. The summed E-state index contributed by atoms with van der Waals surface area (Å²) in [7, 11) is 1.68. The molecule has 0 fully saturated rings. The van der Waals surface area contributed by atoms with Crippen molar-refractivity contribution in [2.75, 3.05) is 17.7 Å². The largest absolute Gasteiger partial charge is 0.573 e. The Balaban J connectivity index is 1.55. The summed E-state index contributed by atoms with van der Waals surface area (Å²) < 4.78 is 41.5. The number of anilines is 2. The number of carbonyl (C=O) groups is 2. The van der Waals surface area contributed by atoms with Crippen molar-refractivity contribution in [3.05, 3.63) is 76.8 Å². The van der Waals surface area contributed by atoms with Gasteiger partial charge >= 0.3 is 6.36 Å². The van der Waals surface area contributed by atoms with Crippen molar-refractivity contribution in [3.8, 4) is 17.1 Å². The number of nitrogens with one attached hydrogen (secondary N) is 3. The number of halogens is 4. The Labute approximate surface area is 245 Å². The van der Waals surface area contributed by atoms with Crippen LogP contribution in [0.4, 0.5) is 24.7 Å². The number of ether oxygens (including phenoxy) is 1. The van der Waals surface area contributed by atoms with Crippen LogP contribution in [0.2, 0.25) is 5.02 Å². The highest BCUT2D eigenvalue weighted by atomic mass is 35.5. The van der Waals surface area contributed by atoms with Crippen LogP contribution in [0.25, 0.3) is 22.3 Å². The van der Waals surface area contributed by atoms with Gasteiger partial charge in [0.25, 0.3) is 5.91 Å². The molecule has 1 aromatic heterocycles. The van der Waals surface area contributed by atoms with Crippen LogP contribution >= 0.6 is 11.6 Å². The maximum absolute atomic E-state index is 13.2. The molecule has 0 aliphatic rings. The molecule has 0 saturated carbocycles. The summed E-state index contributed by atoms with van der Waals surface area (Å²) >= 11 is 6.33. The molecule has 3 N–H and O–H groups in total. The van der Waals surface area contributed by atoms with E-state index < -0.39 is 12.3 Å². The molecule has 8 nitrogen and oxygen atoms in total. The van der Waals surface area contributed by atoms with Gasteiger partial charge in [-0.25, -0.2) is 9.97 Å². The zero-order valence-corrected chi connectivity index (χ0v) is 24.1. The van der Waals surface area contributed by atoms with Crippen molar-refractivity contribution in [2.45, 2.75) is 40.1 Å². The monoisotopic (exact) mass is 599 g/mol. The lowest BCUT2D eigenvalue weighted by molar-refractivity contribution is -0.274. The first-order valence-corrected chi connectivity index (χ1v) is 13.3. The molecule has 0 spiro atoms. The molecule has 3 aromatic carbocycles. The van der Waals surface area contributed by atoms with Crippen LogP contribution in [0, 0.1) is 5.41 Å². The lowest BCUT2D eigenvalue weighted by Gasteiger charge is -2.17. The van der Waals surface area contributed by atoms with E-state index in [1.54, 1.807) is 43.4 Å². The second-order valence-electron chi connectivity index (χ2n) is 10.7. The minimum absolute atomic E-state index is 0.0903. The molecule has 0 aliphatic heterocycles. The zero-order chi connectivity index (χ0) is 30.7. The van der Waals surface area contributed by atoms with Crippen molar-refractivity contribution in [1.29, 1.82) is 0 Å². The molecule has 12 heteroatoms. The van der Waals surface area contributed by atoms with Gasteiger partial charge in [0.1, 0.15) is 11.6 Å². The molecule has 0 unspecified atom stereocenters. The Morgan fingerprint density at radius 1 is 0.952 bits per heavy atom. The molecule has 0 radical (unpaired) electrons. The minimum atomic E-state index is -4.80. The fourth-order valence-electron chi connectivity index (χ4n) is 4.13. The van der Waals surface area contributed by atoms with E-state index in [0.717, 1.165) is 0 Å². The second-order valence-corrected chi connectivity index (χ2v) is 11.1. The van der Waals surface area contributed by atoms with Crippen molar-refractivity contribution in [2.24, 2.45) is 5.41 Å². The third-order valence-electron chi connectivity index (χ3n) is 5.99. The molecule has 4 aromatic rings. The highest BCUT2D eigenvalue weighted by Crippen LogP contribution is 2.30. The maximum Gasteiger partial charge on any atom is 0.573 e. The van der Waals surface area contributed by atoms with Gasteiger partial charge < -0.3 is 20.7 Å².